The predicted molar refractivity (Wildman–Crippen MR) is 41.0 cm³/mol. The molecule has 0 saturated carbocycles. The molecule has 0 aromatic heterocycles. The first-order valence-electron chi connectivity index (χ1n) is 2.99. The molecule has 1 unspecified atom stereocenters. The molecule has 1 atom stereocenters. The van der Waals surface area contributed by atoms with Crippen molar-refractivity contribution in [2.45, 2.75) is 6.10 Å². The number of aliphatic hydroxyl groups excluding tert-OH is 2. The number of halogens is 1. The zero-order chi connectivity index (χ0) is 7.98. The summed E-state index contributed by atoms with van der Waals surface area (Å²) in [5, 5.41) is 20.4. The molecule has 0 spiro atoms. The highest BCUT2D eigenvalue weighted by atomic mass is 35.5. The summed E-state index contributed by atoms with van der Waals surface area (Å²) in [6.07, 6.45) is -0.712. The van der Waals surface area contributed by atoms with Crippen LogP contribution in [0.5, 0.6) is 0 Å². The van der Waals surface area contributed by atoms with Crippen molar-refractivity contribution in [1.29, 1.82) is 0 Å². The van der Waals surface area contributed by atoms with Crippen molar-refractivity contribution in [3.05, 3.63) is 11.6 Å². The van der Waals surface area contributed by atoms with Crippen LogP contribution < -0.4 is 5.32 Å². The van der Waals surface area contributed by atoms with E-state index in [1.165, 1.54) is 0 Å². The summed E-state index contributed by atoms with van der Waals surface area (Å²) < 4.78 is 0. The molecule has 3 N–H and O–H groups in total. The first-order chi connectivity index (χ1) is 4.66. The van der Waals surface area contributed by atoms with Crippen molar-refractivity contribution in [1.82, 2.24) is 5.32 Å². The molecule has 60 valence electrons. The van der Waals surface area contributed by atoms with E-state index in [-0.39, 0.29) is 6.61 Å². The smallest absolute Gasteiger partial charge is 0.0895 e. The molecular weight excluding hydrogens is 154 g/mol. The molecule has 3 nitrogen and oxygen atoms in total. The minimum absolute atomic E-state index is 0.234. The summed E-state index contributed by atoms with van der Waals surface area (Å²) in [6, 6.07) is 0. The van der Waals surface area contributed by atoms with Gasteiger partial charge in [0.05, 0.1) is 12.7 Å². The van der Waals surface area contributed by atoms with Crippen LogP contribution in [-0.2, 0) is 0 Å². The highest BCUT2D eigenvalue weighted by Crippen LogP contribution is 1.91. The summed E-state index contributed by atoms with van der Waals surface area (Å²) in [4.78, 5) is 0. The molecular formula is C6H12ClNO2. The Morgan fingerprint density at radius 2 is 2.30 bits per heavy atom. The maximum absolute atomic E-state index is 8.79. The monoisotopic (exact) mass is 165 g/mol. The lowest BCUT2D eigenvalue weighted by Gasteiger charge is -2.06. The van der Waals surface area contributed by atoms with Crippen molar-refractivity contribution in [3.63, 3.8) is 0 Å². The van der Waals surface area contributed by atoms with E-state index < -0.39 is 6.10 Å². The van der Waals surface area contributed by atoms with Crippen LogP contribution in [-0.4, -0.2) is 36.0 Å². The molecule has 0 rings (SSSR count). The minimum atomic E-state index is -0.712. The van der Waals surface area contributed by atoms with Gasteiger partial charge in [0.25, 0.3) is 0 Å². The Morgan fingerprint density at radius 1 is 1.70 bits per heavy atom. The van der Waals surface area contributed by atoms with Gasteiger partial charge in [0, 0.05) is 18.1 Å². The molecule has 10 heavy (non-hydrogen) atoms. The zero-order valence-corrected chi connectivity index (χ0v) is 6.43. The standard InChI is InChI=1S/C6H12ClNO2/c1-5(7)2-8-3-6(10)4-9/h6,8-10H,1-4H2. The summed E-state index contributed by atoms with van der Waals surface area (Å²) in [6.45, 7) is 3.99. The van der Waals surface area contributed by atoms with Crippen LogP contribution in [0.4, 0.5) is 0 Å². The van der Waals surface area contributed by atoms with Crippen molar-refractivity contribution in [2.24, 2.45) is 0 Å². The average molecular weight is 166 g/mol. The topological polar surface area (TPSA) is 52.5 Å². The highest BCUT2D eigenvalue weighted by Gasteiger charge is 1.99. The average Bonchev–Trinajstić information content (AvgIpc) is 1.87. The van der Waals surface area contributed by atoms with Gasteiger partial charge in [0.15, 0.2) is 0 Å². The van der Waals surface area contributed by atoms with Crippen molar-refractivity contribution in [2.75, 3.05) is 19.7 Å². The fraction of sp³-hybridized carbons (Fsp3) is 0.667. The van der Waals surface area contributed by atoms with Crippen molar-refractivity contribution >= 4 is 11.6 Å². The van der Waals surface area contributed by atoms with Crippen LogP contribution in [0.2, 0.25) is 0 Å². The fourth-order valence-electron chi connectivity index (χ4n) is 0.439. The maximum atomic E-state index is 8.79. The van der Waals surface area contributed by atoms with Gasteiger partial charge in [0.1, 0.15) is 0 Å². The first kappa shape index (κ1) is 9.91. The molecule has 0 fully saturated rings. The molecule has 0 aliphatic carbocycles. The number of hydrogen-bond donors (Lipinski definition) is 3. The van der Waals surface area contributed by atoms with E-state index in [2.05, 4.69) is 11.9 Å². The van der Waals surface area contributed by atoms with Gasteiger partial charge in [-0.3, -0.25) is 0 Å². The minimum Gasteiger partial charge on any atom is -0.394 e. The lowest BCUT2D eigenvalue weighted by atomic mass is 10.4. The van der Waals surface area contributed by atoms with E-state index in [1.807, 2.05) is 0 Å². The van der Waals surface area contributed by atoms with Gasteiger partial charge in [0.2, 0.25) is 0 Å². The highest BCUT2D eigenvalue weighted by molar-refractivity contribution is 6.29. The van der Waals surface area contributed by atoms with Crippen LogP contribution in [0.25, 0.3) is 0 Å². The van der Waals surface area contributed by atoms with Gasteiger partial charge in [-0.2, -0.15) is 0 Å². The molecule has 0 heterocycles. The molecule has 0 radical (unpaired) electrons. The summed E-state index contributed by atoms with van der Waals surface area (Å²) in [5.41, 5.74) is 0. The number of nitrogens with one attached hydrogen (secondary N) is 1. The Kier molecular flexibility index (Phi) is 5.63. The van der Waals surface area contributed by atoms with Crippen molar-refractivity contribution < 1.29 is 10.2 Å². The molecule has 0 saturated heterocycles. The zero-order valence-electron chi connectivity index (χ0n) is 5.68. The Balaban J connectivity index is 3.11. The summed E-state index contributed by atoms with van der Waals surface area (Å²) in [5.74, 6) is 0. The Morgan fingerprint density at radius 3 is 2.70 bits per heavy atom. The third-order valence-corrected chi connectivity index (χ3v) is 1.04. The number of hydrogen-bond acceptors (Lipinski definition) is 3. The Hall–Kier alpha value is -0.0900. The van der Waals surface area contributed by atoms with Crippen molar-refractivity contribution in [3.8, 4) is 0 Å². The van der Waals surface area contributed by atoms with Gasteiger partial charge >= 0.3 is 0 Å². The third-order valence-electron chi connectivity index (χ3n) is 0.908. The molecule has 0 aliphatic rings. The molecule has 4 heteroatoms. The summed E-state index contributed by atoms with van der Waals surface area (Å²) >= 11 is 5.40. The first-order valence-corrected chi connectivity index (χ1v) is 3.37. The fourth-order valence-corrected chi connectivity index (χ4v) is 0.533. The Bertz CT molecular complexity index is 108. The van der Waals surface area contributed by atoms with Crippen LogP contribution in [0.15, 0.2) is 11.6 Å². The van der Waals surface area contributed by atoms with E-state index in [0.717, 1.165) is 0 Å². The van der Waals surface area contributed by atoms with Gasteiger partial charge < -0.3 is 15.5 Å². The number of aliphatic hydroxyl groups is 2. The predicted octanol–water partition coefficient (Wildman–Crippen LogP) is -0.318. The number of rotatable bonds is 5. The third kappa shape index (κ3) is 6.04. The molecule has 0 amide bonds. The normalized spacial score (nSPS) is 13.1. The van der Waals surface area contributed by atoms with E-state index in [9.17, 15) is 0 Å². The van der Waals surface area contributed by atoms with E-state index in [4.69, 9.17) is 21.8 Å². The lowest BCUT2D eigenvalue weighted by molar-refractivity contribution is 0.0953. The molecule has 0 aromatic carbocycles. The van der Waals surface area contributed by atoms with Crippen LogP contribution in [0.3, 0.4) is 0 Å². The van der Waals surface area contributed by atoms with Gasteiger partial charge in [-0.15, -0.1) is 0 Å². The second kappa shape index (κ2) is 5.68. The molecule has 0 aliphatic heterocycles. The second-order valence-electron chi connectivity index (χ2n) is 1.98. The SMILES string of the molecule is C=C(Cl)CNCC(O)CO. The van der Waals surface area contributed by atoms with Gasteiger partial charge in [-0.05, 0) is 0 Å². The lowest BCUT2D eigenvalue weighted by Crippen LogP contribution is -2.29. The largest absolute Gasteiger partial charge is 0.394 e. The van der Waals surface area contributed by atoms with E-state index in [0.29, 0.717) is 18.1 Å². The second-order valence-corrected chi connectivity index (χ2v) is 2.52. The van der Waals surface area contributed by atoms with Crippen LogP contribution >= 0.6 is 11.6 Å². The molecule has 0 bridgehead atoms. The van der Waals surface area contributed by atoms with Crippen LogP contribution in [0, 0.1) is 0 Å². The quantitative estimate of drug-likeness (QED) is 0.524. The summed E-state index contributed by atoms with van der Waals surface area (Å²) in [7, 11) is 0. The molecule has 0 aromatic rings. The van der Waals surface area contributed by atoms with Gasteiger partial charge in [-0.1, -0.05) is 18.2 Å². The maximum Gasteiger partial charge on any atom is 0.0895 e. The van der Waals surface area contributed by atoms with Gasteiger partial charge in [-0.25, -0.2) is 0 Å². The van der Waals surface area contributed by atoms with E-state index >= 15 is 0 Å². The van der Waals surface area contributed by atoms with E-state index in [1.54, 1.807) is 0 Å². The van der Waals surface area contributed by atoms with Crippen LogP contribution in [0.1, 0.15) is 0 Å². The Labute approximate surface area is 65.3 Å².